The molecule has 0 aliphatic heterocycles. The summed E-state index contributed by atoms with van der Waals surface area (Å²) < 4.78 is 7.26. The molecule has 26 heavy (non-hydrogen) atoms. The summed E-state index contributed by atoms with van der Waals surface area (Å²) in [5, 5.41) is 0. The molecule has 0 aliphatic carbocycles. The van der Waals surface area contributed by atoms with Crippen molar-refractivity contribution in [1.82, 2.24) is 9.97 Å². The van der Waals surface area contributed by atoms with Crippen LogP contribution in [0, 0.1) is 13.8 Å². The van der Waals surface area contributed by atoms with E-state index >= 15 is 0 Å². The Balaban J connectivity index is 1.73. The summed E-state index contributed by atoms with van der Waals surface area (Å²) in [4.78, 5) is 10.2. The third-order valence-corrected chi connectivity index (χ3v) is 5.57. The second kappa shape index (κ2) is 6.89. The number of fused-ring (bicyclic) bond motifs is 1. The molecule has 4 aromatic rings. The van der Waals surface area contributed by atoms with Crippen LogP contribution in [0.5, 0.6) is 11.5 Å². The molecule has 0 spiro atoms. The van der Waals surface area contributed by atoms with Gasteiger partial charge in [-0.25, -0.2) is 0 Å². The zero-order chi connectivity index (χ0) is 18.1. The van der Waals surface area contributed by atoms with Crippen LogP contribution < -0.4 is 4.74 Å². The van der Waals surface area contributed by atoms with E-state index in [1.165, 1.54) is 11.1 Å². The van der Waals surface area contributed by atoms with Gasteiger partial charge < -0.3 is 4.74 Å². The van der Waals surface area contributed by atoms with Crippen LogP contribution in [-0.4, -0.2) is 9.97 Å². The van der Waals surface area contributed by atoms with Crippen molar-refractivity contribution in [3.8, 4) is 22.1 Å². The van der Waals surface area contributed by atoms with Crippen molar-refractivity contribution < 1.29 is 4.74 Å². The summed E-state index contributed by atoms with van der Waals surface area (Å²) in [5.41, 5.74) is 5.52. The van der Waals surface area contributed by atoms with Crippen LogP contribution in [0.25, 0.3) is 20.8 Å². The SMILES string of the molecule is CCc1ccc(-c2cc3nccc(Oc4ccc(C)cc4C)c3s2)nc1. The lowest BCUT2D eigenvalue weighted by atomic mass is 10.1. The lowest BCUT2D eigenvalue weighted by Gasteiger charge is -2.09. The summed E-state index contributed by atoms with van der Waals surface area (Å²) in [7, 11) is 0. The molecule has 0 saturated heterocycles. The van der Waals surface area contributed by atoms with E-state index in [-0.39, 0.29) is 0 Å². The van der Waals surface area contributed by atoms with Gasteiger partial charge in [0.25, 0.3) is 0 Å². The molecule has 0 radical (unpaired) electrons. The molecular formula is C22H20N2OS. The zero-order valence-electron chi connectivity index (χ0n) is 15.1. The van der Waals surface area contributed by atoms with Crippen LogP contribution in [0.4, 0.5) is 0 Å². The Morgan fingerprint density at radius 2 is 1.85 bits per heavy atom. The topological polar surface area (TPSA) is 35.0 Å². The fourth-order valence-electron chi connectivity index (χ4n) is 2.93. The van der Waals surface area contributed by atoms with E-state index in [2.05, 4.69) is 61.1 Å². The molecule has 4 rings (SSSR count). The van der Waals surface area contributed by atoms with Gasteiger partial charge >= 0.3 is 0 Å². The van der Waals surface area contributed by atoms with Crippen molar-refractivity contribution in [2.45, 2.75) is 27.2 Å². The minimum absolute atomic E-state index is 0.836. The Morgan fingerprint density at radius 3 is 2.58 bits per heavy atom. The number of aromatic nitrogens is 2. The van der Waals surface area contributed by atoms with Gasteiger partial charge in [0.05, 0.1) is 20.8 Å². The maximum absolute atomic E-state index is 6.21. The quantitative estimate of drug-likeness (QED) is 0.426. The van der Waals surface area contributed by atoms with Gasteiger partial charge in [-0.05, 0) is 49.6 Å². The van der Waals surface area contributed by atoms with Crippen molar-refractivity contribution in [1.29, 1.82) is 0 Å². The molecule has 0 atom stereocenters. The average molecular weight is 360 g/mol. The average Bonchev–Trinajstić information content (AvgIpc) is 3.09. The van der Waals surface area contributed by atoms with Crippen molar-refractivity contribution >= 4 is 21.6 Å². The highest BCUT2D eigenvalue weighted by atomic mass is 32.1. The first kappa shape index (κ1) is 16.7. The largest absolute Gasteiger partial charge is 0.455 e. The number of benzene rings is 1. The molecular weight excluding hydrogens is 340 g/mol. The summed E-state index contributed by atoms with van der Waals surface area (Å²) in [6.07, 6.45) is 4.74. The predicted octanol–water partition coefficient (Wildman–Crippen LogP) is 6.33. The van der Waals surface area contributed by atoms with Gasteiger partial charge in [0.1, 0.15) is 11.5 Å². The molecule has 0 unspecified atom stereocenters. The fourth-order valence-corrected chi connectivity index (χ4v) is 3.98. The van der Waals surface area contributed by atoms with E-state index < -0.39 is 0 Å². The molecule has 0 N–H and O–H groups in total. The van der Waals surface area contributed by atoms with Crippen LogP contribution in [0.3, 0.4) is 0 Å². The first-order valence-electron chi connectivity index (χ1n) is 8.73. The zero-order valence-corrected chi connectivity index (χ0v) is 15.9. The number of thiophene rings is 1. The highest BCUT2D eigenvalue weighted by Crippen LogP contribution is 2.39. The monoisotopic (exact) mass is 360 g/mol. The minimum atomic E-state index is 0.836. The van der Waals surface area contributed by atoms with Crippen molar-refractivity contribution in [2.24, 2.45) is 0 Å². The summed E-state index contributed by atoms with van der Waals surface area (Å²) in [5.74, 6) is 1.71. The van der Waals surface area contributed by atoms with Gasteiger partial charge in [0.15, 0.2) is 0 Å². The van der Waals surface area contributed by atoms with E-state index in [1.807, 2.05) is 18.3 Å². The molecule has 3 heterocycles. The number of rotatable bonds is 4. The Labute approximate surface area is 157 Å². The maximum Gasteiger partial charge on any atom is 0.148 e. The van der Waals surface area contributed by atoms with Gasteiger partial charge in [0, 0.05) is 18.5 Å². The van der Waals surface area contributed by atoms with E-state index in [0.29, 0.717) is 0 Å². The number of pyridine rings is 2. The lowest BCUT2D eigenvalue weighted by Crippen LogP contribution is -1.89. The smallest absolute Gasteiger partial charge is 0.148 e. The van der Waals surface area contributed by atoms with E-state index in [1.54, 1.807) is 17.5 Å². The first-order valence-corrected chi connectivity index (χ1v) is 9.54. The molecule has 0 bridgehead atoms. The number of hydrogen-bond acceptors (Lipinski definition) is 4. The third kappa shape index (κ3) is 3.20. The van der Waals surface area contributed by atoms with E-state index in [0.717, 1.165) is 44.3 Å². The Kier molecular flexibility index (Phi) is 4.43. The molecule has 0 fully saturated rings. The molecule has 3 nitrogen and oxygen atoms in total. The number of aryl methyl sites for hydroxylation is 3. The van der Waals surface area contributed by atoms with E-state index in [4.69, 9.17) is 4.74 Å². The molecule has 0 aliphatic rings. The van der Waals surface area contributed by atoms with Crippen LogP contribution >= 0.6 is 11.3 Å². The van der Waals surface area contributed by atoms with Gasteiger partial charge in [-0.15, -0.1) is 11.3 Å². The summed E-state index contributed by atoms with van der Waals surface area (Å²) in [6.45, 7) is 6.29. The number of hydrogen-bond donors (Lipinski definition) is 0. The number of nitrogens with zero attached hydrogens (tertiary/aromatic N) is 2. The standard InChI is InChI=1S/C22H20N2OS/c1-4-16-6-7-17(24-13-16)21-12-18-22(26-21)20(9-10-23-18)25-19-8-5-14(2)11-15(19)3/h5-13H,4H2,1-3H3. The summed E-state index contributed by atoms with van der Waals surface area (Å²) >= 11 is 1.67. The third-order valence-electron chi connectivity index (χ3n) is 4.41. The predicted molar refractivity (Wildman–Crippen MR) is 108 cm³/mol. The van der Waals surface area contributed by atoms with Crippen LogP contribution in [0.1, 0.15) is 23.6 Å². The highest BCUT2D eigenvalue weighted by molar-refractivity contribution is 7.22. The molecule has 3 aromatic heterocycles. The molecule has 1 aromatic carbocycles. The summed E-state index contributed by atoms with van der Waals surface area (Å²) in [6, 6.07) is 14.4. The number of ether oxygens (including phenoxy) is 1. The second-order valence-corrected chi connectivity index (χ2v) is 7.46. The van der Waals surface area contributed by atoms with Gasteiger partial charge in [-0.1, -0.05) is 30.7 Å². The maximum atomic E-state index is 6.21. The van der Waals surface area contributed by atoms with Gasteiger partial charge in [-0.3, -0.25) is 9.97 Å². The first-order chi connectivity index (χ1) is 12.6. The van der Waals surface area contributed by atoms with Crippen molar-refractivity contribution in [2.75, 3.05) is 0 Å². The Hall–Kier alpha value is -2.72. The Morgan fingerprint density at radius 1 is 0.962 bits per heavy atom. The normalized spacial score (nSPS) is 11.0. The molecule has 0 amide bonds. The molecule has 4 heteroatoms. The molecule has 0 saturated carbocycles. The Bertz CT molecular complexity index is 1070. The molecule has 130 valence electrons. The lowest BCUT2D eigenvalue weighted by molar-refractivity contribution is 0.484. The van der Waals surface area contributed by atoms with Gasteiger partial charge in [-0.2, -0.15) is 0 Å². The van der Waals surface area contributed by atoms with Gasteiger partial charge in [0.2, 0.25) is 0 Å². The van der Waals surface area contributed by atoms with Crippen molar-refractivity contribution in [3.63, 3.8) is 0 Å². The van der Waals surface area contributed by atoms with Crippen LogP contribution in [-0.2, 0) is 6.42 Å². The minimum Gasteiger partial charge on any atom is -0.455 e. The van der Waals surface area contributed by atoms with Crippen LogP contribution in [0.15, 0.2) is 54.9 Å². The second-order valence-electron chi connectivity index (χ2n) is 6.41. The van der Waals surface area contributed by atoms with Crippen molar-refractivity contribution in [3.05, 3.63) is 71.5 Å². The van der Waals surface area contributed by atoms with Crippen LogP contribution in [0.2, 0.25) is 0 Å². The van der Waals surface area contributed by atoms with E-state index in [9.17, 15) is 0 Å². The highest BCUT2D eigenvalue weighted by Gasteiger charge is 2.12. The fraction of sp³-hybridized carbons (Fsp3) is 0.182.